The molecule has 5 rings (SSSR count). The van der Waals surface area contributed by atoms with Crippen molar-refractivity contribution < 1.29 is 9.47 Å². The van der Waals surface area contributed by atoms with Crippen LogP contribution in [0.3, 0.4) is 0 Å². The molecule has 0 radical (unpaired) electrons. The highest BCUT2D eigenvalue weighted by molar-refractivity contribution is 5.88. The average Bonchev–Trinajstić information content (AvgIpc) is 3.45. The number of rotatable bonds is 7. The first-order valence-corrected chi connectivity index (χ1v) is 11.2. The van der Waals surface area contributed by atoms with Crippen molar-refractivity contribution in [2.75, 3.05) is 38.3 Å². The number of methoxy groups -OCH3 is 1. The molecule has 0 bridgehead atoms. The van der Waals surface area contributed by atoms with Gasteiger partial charge in [0.1, 0.15) is 17.8 Å². The summed E-state index contributed by atoms with van der Waals surface area (Å²) >= 11 is 0. The summed E-state index contributed by atoms with van der Waals surface area (Å²) in [7, 11) is 3.64. The number of nitrogens with zero attached hydrogens (tertiary/aromatic N) is 6. The summed E-state index contributed by atoms with van der Waals surface area (Å²) < 4.78 is 12.8. The monoisotopic (exact) mass is 435 g/mol. The van der Waals surface area contributed by atoms with Gasteiger partial charge in [0.05, 0.1) is 31.2 Å². The van der Waals surface area contributed by atoms with Crippen LogP contribution in [0, 0.1) is 0 Å². The number of anilines is 1. The lowest BCUT2D eigenvalue weighted by atomic mass is 9.92. The van der Waals surface area contributed by atoms with E-state index in [0.717, 1.165) is 72.8 Å². The number of nitrogens with one attached hydrogen (secondary N) is 1. The maximum atomic E-state index is 5.89. The van der Waals surface area contributed by atoms with E-state index >= 15 is 0 Å². The SMILES string of the molecule is COCCOC1CCN(c2cc(-c3n[nH]c4c3C=C(c3cnn(C)c3)CC4)ncn2)CC1. The van der Waals surface area contributed by atoms with Crippen molar-refractivity contribution in [3.8, 4) is 11.4 Å². The molecule has 0 aromatic carbocycles. The number of ether oxygens (including phenoxy) is 2. The lowest BCUT2D eigenvalue weighted by Gasteiger charge is -2.32. The minimum atomic E-state index is 0.289. The van der Waals surface area contributed by atoms with E-state index in [0.29, 0.717) is 13.2 Å². The Morgan fingerprint density at radius 3 is 2.81 bits per heavy atom. The summed E-state index contributed by atoms with van der Waals surface area (Å²) in [5.41, 5.74) is 6.42. The van der Waals surface area contributed by atoms with E-state index in [1.807, 2.05) is 17.9 Å². The van der Waals surface area contributed by atoms with E-state index in [1.54, 1.807) is 13.4 Å². The minimum absolute atomic E-state index is 0.289. The molecule has 3 aromatic heterocycles. The van der Waals surface area contributed by atoms with Crippen molar-refractivity contribution in [1.29, 1.82) is 0 Å². The maximum Gasteiger partial charge on any atom is 0.132 e. The number of piperidine rings is 1. The zero-order chi connectivity index (χ0) is 21.9. The van der Waals surface area contributed by atoms with Gasteiger partial charge >= 0.3 is 0 Å². The van der Waals surface area contributed by atoms with Crippen molar-refractivity contribution >= 4 is 17.5 Å². The fourth-order valence-electron chi connectivity index (χ4n) is 4.45. The number of hydrogen-bond donors (Lipinski definition) is 1. The van der Waals surface area contributed by atoms with Crippen LogP contribution in [0.25, 0.3) is 23.0 Å². The van der Waals surface area contributed by atoms with E-state index in [4.69, 9.17) is 9.47 Å². The standard InChI is InChI=1S/C23H29N7O2/c1-29-14-17(13-26-29)16-3-4-20-19(11-16)23(28-27-20)21-12-22(25-15-24-21)30-7-5-18(6-8-30)32-10-9-31-2/h11-15,18H,3-10H2,1-2H3,(H,27,28). The predicted octanol–water partition coefficient (Wildman–Crippen LogP) is 2.72. The van der Waals surface area contributed by atoms with Crippen LogP contribution in [-0.4, -0.2) is 69.5 Å². The molecule has 168 valence electrons. The Balaban J connectivity index is 1.33. The van der Waals surface area contributed by atoms with Crippen LogP contribution in [0.1, 0.15) is 36.1 Å². The first-order chi connectivity index (χ1) is 15.7. The highest BCUT2D eigenvalue weighted by Crippen LogP contribution is 2.34. The molecular weight excluding hydrogens is 406 g/mol. The number of aryl methyl sites for hydroxylation is 2. The topological polar surface area (TPSA) is 94.0 Å². The normalized spacial score (nSPS) is 16.8. The zero-order valence-corrected chi connectivity index (χ0v) is 18.6. The Morgan fingerprint density at radius 1 is 1.16 bits per heavy atom. The van der Waals surface area contributed by atoms with E-state index in [9.17, 15) is 0 Å². The van der Waals surface area contributed by atoms with Crippen LogP contribution < -0.4 is 4.90 Å². The smallest absolute Gasteiger partial charge is 0.132 e. The second-order valence-electron chi connectivity index (χ2n) is 8.35. The van der Waals surface area contributed by atoms with Crippen molar-refractivity contribution in [3.05, 3.63) is 41.6 Å². The number of H-pyrrole nitrogens is 1. The van der Waals surface area contributed by atoms with Gasteiger partial charge in [-0.05, 0) is 37.3 Å². The summed E-state index contributed by atoms with van der Waals surface area (Å²) in [6, 6.07) is 2.05. The molecule has 0 spiro atoms. The molecule has 1 saturated heterocycles. The predicted molar refractivity (Wildman–Crippen MR) is 122 cm³/mol. The van der Waals surface area contributed by atoms with Gasteiger partial charge in [0.15, 0.2) is 0 Å². The van der Waals surface area contributed by atoms with E-state index in [2.05, 4.69) is 48.5 Å². The lowest BCUT2D eigenvalue weighted by Crippen LogP contribution is -2.37. The van der Waals surface area contributed by atoms with Gasteiger partial charge < -0.3 is 14.4 Å². The third-order valence-electron chi connectivity index (χ3n) is 6.22. The van der Waals surface area contributed by atoms with Gasteiger partial charge in [-0.3, -0.25) is 9.78 Å². The van der Waals surface area contributed by atoms with Gasteiger partial charge in [-0.1, -0.05) is 0 Å². The Kier molecular flexibility index (Phi) is 6.00. The number of hydrogen-bond acceptors (Lipinski definition) is 7. The number of fused-ring (bicyclic) bond motifs is 1. The molecule has 1 aliphatic carbocycles. The van der Waals surface area contributed by atoms with Crippen LogP contribution in [0.2, 0.25) is 0 Å². The van der Waals surface area contributed by atoms with E-state index in [1.165, 1.54) is 5.57 Å². The molecule has 3 aromatic rings. The van der Waals surface area contributed by atoms with Gasteiger partial charge in [-0.25, -0.2) is 9.97 Å². The van der Waals surface area contributed by atoms with E-state index in [-0.39, 0.29) is 6.10 Å². The molecule has 1 fully saturated rings. The molecule has 0 unspecified atom stereocenters. The fraction of sp³-hybridized carbons (Fsp3) is 0.478. The fourth-order valence-corrected chi connectivity index (χ4v) is 4.45. The second-order valence-corrected chi connectivity index (χ2v) is 8.35. The zero-order valence-electron chi connectivity index (χ0n) is 18.6. The van der Waals surface area contributed by atoms with Crippen molar-refractivity contribution in [2.24, 2.45) is 7.05 Å². The number of allylic oxidation sites excluding steroid dienone is 1. The summed E-state index contributed by atoms with van der Waals surface area (Å²) in [6.45, 7) is 3.12. The molecule has 9 heteroatoms. The van der Waals surface area contributed by atoms with Crippen molar-refractivity contribution in [2.45, 2.75) is 31.8 Å². The summed E-state index contributed by atoms with van der Waals surface area (Å²) in [5, 5.41) is 12.1. The first-order valence-electron chi connectivity index (χ1n) is 11.2. The Hall–Kier alpha value is -3.04. The summed E-state index contributed by atoms with van der Waals surface area (Å²) in [5.74, 6) is 0.939. The Bertz CT molecular complexity index is 1100. The average molecular weight is 436 g/mol. The van der Waals surface area contributed by atoms with Crippen molar-refractivity contribution in [3.63, 3.8) is 0 Å². The molecule has 0 saturated carbocycles. The summed E-state index contributed by atoms with van der Waals surface area (Å²) in [6.07, 6.45) is 12.0. The van der Waals surface area contributed by atoms with Crippen LogP contribution in [0.4, 0.5) is 5.82 Å². The third-order valence-corrected chi connectivity index (χ3v) is 6.22. The highest BCUT2D eigenvalue weighted by Gasteiger charge is 2.23. The largest absolute Gasteiger partial charge is 0.382 e. The van der Waals surface area contributed by atoms with Gasteiger partial charge in [0.25, 0.3) is 0 Å². The lowest BCUT2D eigenvalue weighted by molar-refractivity contribution is 0.00604. The summed E-state index contributed by atoms with van der Waals surface area (Å²) in [4.78, 5) is 11.4. The van der Waals surface area contributed by atoms with E-state index < -0.39 is 0 Å². The highest BCUT2D eigenvalue weighted by atomic mass is 16.5. The molecule has 2 aliphatic rings. The van der Waals surface area contributed by atoms with Gasteiger partial charge in [-0.2, -0.15) is 10.2 Å². The third kappa shape index (κ3) is 4.31. The van der Waals surface area contributed by atoms with Crippen LogP contribution >= 0.6 is 0 Å². The molecule has 0 atom stereocenters. The van der Waals surface area contributed by atoms with Gasteiger partial charge in [0.2, 0.25) is 0 Å². The maximum absolute atomic E-state index is 5.89. The Labute approximate surface area is 187 Å². The number of aromatic amines is 1. The number of aromatic nitrogens is 6. The first kappa shape index (κ1) is 20.8. The quantitative estimate of drug-likeness (QED) is 0.570. The molecule has 0 amide bonds. The molecular formula is C23H29N7O2. The molecule has 4 heterocycles. The van der Waals surface area contributed by atoms with Crippen molar-refractivity contribution in [1.82, 2.24) is 29.9 Å². The van der Waals surface area contributed by atoms with Crippen LogP contribution in [0.5, 0.6) is 0 Å². The molecule has 9 nitrogen and oxygen atoms in total. The Morgan fingerprint density at radius 2 is 2.03 bits per heavy atom. The molecule has 1 N–H and O–H groups in total. The molecule has 32 heavy (non-hydrogen) atoms. The van der Waals surface area contributed by atoms with Gasteiger partial charge in [-0.15, -0.1) is 0 Å². The second kappa shape index (κ2) is 9.22. The molecule has 1 aliphatic heterocycles. The van der Waals surface area contributed by atoms with Crippen LogP contribution in [0.15, 0.2) is 24.8 Å². The van der Waals surface area contributed by atoms with Gasteiger partial charge in [0, 0.05) is 56.3 Å². The minimum Gasteiger partial charge on any atom is -0.382 e. The van der Waals surface area contributed by atoms with Crippen LogP contribution in [-0.2, 0) is 22.9 Å².